The van der Waals surface area contributed by atoms with Crippen LogP contribution in [-0.4, -0.2) is 36.7 Å². The Balaban J connectivity index is 2.87. The van der Waals surface area contributed by atoms with Gasteiger partial charge in [-0.15, -0.1) is 0 Å². The quantitative estimate of drug-likeness (QED) is 0.611. The van der Waals surface area contributed by atoms with Gasteiger partial charge in [0.25, 0.3) is 0 Å². The lowest BCUT2D eigenvalue weighted by molar-refractivity contribution is -0.380. The summed E-state index contributed by atoms with van der Waals surface area (Å²) in [6.07, 6.45) is 0.998. The van der Waals surface area contributed by atoms with Gasteiger partial charge in [0.15, 0.2) is 0 Å². The third-order valence-corrected chi connectivity index (χ3v) is 3.78. The lowest BCUT2D eigenvalue weighted by atomic mass is 10.9. The van der Waals surface area contributed by atoms with E-state index in [1.807, 2.05) is 0 Å². The fraction of sp³-hybridized carbons (Fsp3) is 0.400. The summed E-state index contributed by atoms with van der Waals surface area (Å²) in [5.41, 5.74) is 0. The van der Waals surface area contributed by atoms with E-state index in [0.29, 0.717) is 11.3 Å². The van der Waals surface area contributed by atoms with E-state index < -0.39 is 15.1 Å². The molecule has 0 aliphatic rings. The van der Waals surface area contributed by atoms with Gasteiger partial charge in [-0.3, -0.25) is 10.1 Å². The molecule has 0 bridgehead atoms. The summed E-state index contributed by atoms with van der Waals surface area (Å²) in [6, 6.07) is 0. The lowest BCUT2D eigenvalue weighted by Crippen LogP contribution is -2.28. The molecule has 8 nitrogen and oxygen atoms in total. The van der Waals surface area contributed by atoms with Crippen LogP contribution < -0.4 is 4.72 Å². The van der Waals surface area contributed by atoms with Crippen molar-refractivity contribution in [3.63, 3.8) is 0 Å². The van der Waals surface area contributed by atoms with Crippen LogP contribution in [0.4, 0.5) is 10.1 Å². The molecule has 0 unspecified atom stereocenters. The average molecular weight is 252 g/mol. The summed E-state index contributed by atoms with van der Waals surface area (Å²) in [5, 5.41) is 10.1. The molecule has 0 saturated heterocycles. The predicted molar refractivity (Wildman–Crippen MR) is 55.0 cm³/mol. The standard InChI is InChI=1S/C5H8N4O4S2/c1-8(2)15(12,13)7-5-6-3-4(14-5)9(10)11/h3H,1-2H3,(H,6,7). The Morgan fingerprint density at radius 1 is 1.60 bits per heavy atom. The monoisotopic (exact) mass is 252 g/mol. The Hall–Kier alpha value is -1.26. The van der Waals surface area contributed by atoms with Crippen LogP contribution in [0.1, 0.15) is 0 Å². The number of nitro groups is 1. The summed E-state index contributed by atoms with van der Waals surface area (Å²) >= 11 is 0.658. The van der Waals surface area contributed by atoms with Crippen molar-refractivity contribution in [2.45, 2.75) is 0 Å². The minimum absolute atomic E-state index is 0.0320. The lowest BCUT2D eigenvalue weighted by Gasteiger charge is -2.10. The van der Waals surface area contributed by atoms with Gasteiger partial charge in [-0.1, -0.05) is 0 Å². The highest BCUT2D eigenvalue weighted by Gasteiger charge is 2.18. The summed E-state index contributed by atoms with van der Waals surface area (Å²) < 4.78 is 25.6. The molecule has 1 aromatic rings. The molecular formula is C5H8N4O4S2. The normalized spacial score (nSPS) is 11.7. The van der Waals surface area contributed by atoms with Gasteiger partial charge >= 0.3 is 15.2 Å². The molecule has 0 aliphatic carbocycles. The fourth-order valence-corrected chi connectivity index (χ4v) is 2.02. The van der Waals surface area contributed by atoms with Gasteiger partial charge < -0.3 is 0 Å². The van der Waals surface area contributed by atoms with Crippen LogP contribution >= 0.6 is 11.3 Å². The van der Waals surface area contributed by atoms with Crippen LogP contribution in [0.2, 0.25) is 0 Å². The van der Waals surface area contributed by atoms with Gasteiger partial charge in [-0.05, 0) is 11.3 Å². The molecule has 1 rings (SSSR count). The zero-order valence-corrected chi connectivity index (χ0v) is 9.50. The zero-order chi connectivity index (χ0) is 11.6. The number of rotatable bonds is 4. The van der Waals surface area contributed by atoms with Crippen molar-refractivity contribution in [2.24, 2.45) is 0 Å². The molecule has 0 fully saturated rings. The molecule has 15 heavy (non-hydrogen) atoms. The first-order chi connectivity index (χ1) is 6.83. The van der Waals surface area contributed by atoms with E-state index in [1.165, 1.54) is 14.1 Å². The van der Waals surface area contributed by atoms with Crippen LogP contribution in [0.5, 0.6) is 0 Å². The number of thiazole rings is 1. The maximum Gasteiger partial charge on any atom is 0.345 e. The predicted octanol–water partition coefficient (Wildman–Crippen LogP) is 0.270. The van der Waals surface area contributed by atoms with E-state index in [-0.39, 0.29) is 10.1 Å². The number of anilines is 1. The van der Waals surface area contributed by atoms with Gasteiger partial charge in [0.05, 0.1) is 4.92 Å². The molecule has 1 N–H and O–H groups in total. The number of hydrogen-bond acceptors (Lipinski definition) is 6. The van der Waals surface area contributed by atoms with Crippen molar-refractivity contribution in [3.05, 3.63) is 16.3 Å². The summed E-state index contributed by atoms with van der Waals surface area (Å²) in [7, 11) is -0.980. The van der Waals surface area contributed by atoms with Crippen molar-refractivity contribution < 1.29 is 13.3 Å². The molecule has 0 radical (unpaired) electrons. The Labute approximate surface area is 89.9 Å². The Bertz CT molecular complexity index is 465. The first-order valence-corrected chi connectivity index (χ1v) is 5.89. The number of hydrogen-bond donors (Lipinski definition) is 1. The van der Waals surface area contributed by atoms with Crippen LogP contribution in [0.15, 0.2) is 6.20 Å². The van der Waals surface area contributed by atoms with Crippen molar-refractivity contribution in [2.75, 3.05) is 18.8 Å². The minimum Gasteiger partial charge on any atom is -0.257 e. The van der Waals surface area contributed by atoms with E-state index >= 15 is 0 Å². The van der Waals surface area contributed by atoms with Crippen molar-refractivity contribution in [1.82, 2.24) is 9.29 Å². The van der Waals surface area contributed by atoms with E-state index in [0.717, 1.165) is 10.5 Å². The maximum absolute atomic E-state index is 11.3. The molecule has 1 heterocycles. The van der Waals surface area contributed by atoms with Crippen LogP contribution in [0, 0.1) is 10.1 Å². The third kappa shape index (κ3) is 2.84. The van der Waals surface area contributed by atoms with Gasteiger partial charge in [-0.25, -0.2) is 9.71 Å². The van der Waals surface area contributed by atoms with Crippen LogP contribution in [0.25, 0.3) is 0 Å². The number of nitrogens with one attached hydrogen (secondary N) is 1. The highest BCUT2D eigenvalue weighted by atomic mass is 32.2. The Morgan fingerprint density at radius 3 is 2.60 bits per heavy atom. The molecular weight excluding hydrogens is 244 g/mol. The second-order valence-corrected chi connectivity index (χ2v) is 5.54. The highest BCUT2D eigenvalue weighted by molar-refractivity contribution is 7.90. The molecule has 0 aromatic carbocycles. The van der Waals surface area contributed by atoms with E-state index in [9.17, 15) is 18.5 Å². The largest absolute Gasteiger partial charge is 0.345 e. The van der Waals surface area contributed by atoms with Gasteiger partial charge in [-0.2, -0.15) is 12.7 Å². The highest BCUT2D eigenvalue weighted by Crippen LogP contribution is 2.25. The second kappa shape index (κ2) is 4.08. The Morgan fingerprint density at radius 2 is 2.20 bits per heavy atom. The topological polar surface area (TPSA) is 105 Å². The molecule has 0 spiro atoms. The summed E-state index contributed by atoms with van der Waals surface area (Å²) in [4.78, 5) is 13.2. The first kappa shape index (κ1) is 11.8. The molecule has 0 amide bonds. The smallest absolute Gasteiger partial charge is 0.257 e. The average Bonchev–Trinajstić information content (AvgIpc) is 2.51. The van der Waals surface area contributed by atoms with E-state index in [4.69, 9.17) is 0 Å². The molecule has 0 atom stereocenters. The maximum atomic E-state index is 11.3. The van der Waals surface area contributed by atoms with Crippen molar-refractivity contribution in [3.8, 4) is 0 Å². The summed E-state index contributed by atoms with van der Waals surface area (Å²) in [6.45, 7) is 0. The minimum atomic E-state index is -3.65. The van der Waals surface area contributed by atoms with Crippen molar-refractivity contribution >= 4 is 31.7 Å². The first-order valence-electron chi connectivity index (χ1n) is 3.63. The molecule has 0 saturated carbocycles. The number of nitrogens with zero attached hydrogens (tertiary/aromatic N) is 3. The van der Waals surface area contributed by atoms with Crippen molar-refractivity contribution in [1.29, 1.82) is 0 Å². The number of aromatic nitrogens is 1. The zero-order valence-electron chi connectivity index (χ0n) is 7.87. The second-order valence-electron chi connectivity index (χ2n) is 2.65. The van der Waals surface area contributed by atoms with E-state index in [1.54, 1.807) is 0 Å². The van der Waals surface area contributed by atoms with E-state index in [2.05, 4.69) is 9.71 Å². The van der Waals surface area contributed by atoms with Gasteiger partial charge in [0, 0.05) is 14.1 Å². The Kier molecular flexibility index (Phi) is 3.21. The molecule has 10 heteroatoms. The molecule has 84 valence electrons. The van der Waals surface area contributed by atoms with Gasteiger partial charge in [0.1, 0.15) is 6.20 Å². The van der Waals surface area contributed by atoms with Gasteiger partial charge in [0.2, 0.25) is 5.13 Å². The summed E-state index contributed by atoms with van der Waals surface area (Å²) in [5.74, 6) is 0. The van der Waals surface area contributed by atoms with Crippen LogP contribution in [0.3, 0.4) is 0 Å². The molecule has 0 aliphatic heterocycles. The SMILES string of the molecule is CN(C)S(=O)(=O)Nc1ncc([N+](=O)[O-])s1. The molecule has 1 aromatic heterocycles. The fourth-order valence-electron chi connectivity index (χ4n) is 0.599. The third-order valence-electron chi connectivity index (χ3n) is 1.37. The van der Waals surface area contributed by atoms with Crippen LogP contribution in [-0.2, 0) is 10.2 Å².